The van der Waals surface area contributed by atoms with Gasteiger partial charge in [0, 0.05) is 25.3 Å². The van der Waals surface area contributed by atoms with Gasteiger partial charge in [-0.15, -0.1) is 0 Å². The number of carboxylic acids is 1. The molecule has 1 saturated heterocycles. The van der Waals surface area contributed by atoms with E-state index in [1.165, 1.54) is 0 Å². The average Bonchev–Trinajstić information content (AvgIpc) is 2.47. The number of nitrogens with zero attached hydrogens (tertiary/aromatic N) is 2. The summed E-state index contributed by atoms with van der Waals surface area (Å²) in [6.45, 7) is 1.73. The number of piperidine rings is 1. The van der Waals surface area contributed by atoms with Crippen LogP contribution in [0.3, 0.4) is 0 Å². The van der Waals surface area contributed by atoms with Crippen LogP contribution >= 0.6 is 0 Å². The van der Waals surface area contributed by atoms with E-state index < -0.39 is 5.97 Å². The molecule has 0 aromatic heterocycles. The molecular weight excluding hydrogens is 268 g/mol. The molecule has 0 radical (unpaired) electrons. The van der Waals surface area contributed by atoms with E-state index in [4.69, 9.17) is 5.11 Å². The minimum Gasteiger partial charge on any atom is -0.481 e. The SMILES string of the molecule is CN(C)c1ccc(C(=O)CN2CCC(C(=O)O)CC2)cc1. The Morgan fingerprint density at radius 2 is 1.76 bits per heavy atom. The van der Waals surface area contributed by atoms with Crippen LogP contribution in [0.2, 0.25) is 0 Å². The molecule has 1 aromatic carbocycles. The van der Waals surface area contributed by atoms with E-state index in [0.29, 0.717) is 38.0 Å². The van der Waals surface area contributed by atoms with Crippen LogP contribution in [0.5, 0.6) is 0 Å². The maximum atomic E-state index is 12.2. The summed E-state index contributed by atoms with van der Waals surface area (Å²) >= 11 is 0. The molecular formula is C16H22N2O3. The van der Waals surface area contributed by atoms with E-state index >= 15 is 0 Å². The van der Waals surface area contributed by atoms with Crippen LogP contribution in [0.4, 0.5) is 5.69 Å². The second-order valence-corrected chi connectivity index (χ2v) is 5.75. The highest BCUT2D eigenvalue weighted by molar-refractivity contribution is 5.97. The third-order valence-electron chi connectivity index (χ3n) is 4.01. The van der Waals surface area contributed by atoms with Gasteiger partial charge in [-0.2, -0.15) is 0 Å². The third-order valence-corrected chi connectivity index (χ3v) is 4.01. The highest BCUT2D eigenvalue weighted by atomic mass is 16.4. The molecule has 0 bridgehead atoms. The zero-order valence-electron chi connectivity index (χ0n) is 12.6. The topological polar surface area (TPSA) is 60.9 Å². The molecule has 1 aromatic rings. The maximum absolute atomic E-state index is 12.2. The van der Waals surface area contributed by atoms with Crippen LogP contribution in [0.25, 0.3) is 0 Å². The largest absolute Gasteiger partial charge is 0.481 e. The smallest absolute Gasteiger partial charge is 0.306 e. The van der Waals surface area contributed by atoms with E-state index in [0.717, 1.165) is 5.69 Å². The first kappa shape index (κ1) is 15.5. The van der Waals surface area contributed by atoms with Gasteiger partial charge in [-0.05, 0) is 50.2 Å². The minimum atomic E-state index is -0.722. The van der Waals surface area contributed by atoms with E-state index in [9.17, 15) is 9.59 Å². The summed E-state index contributed by atoms with van der Waals surface area (Å²) in [5, 5.41) is 8.97. The molecule has 0 aliphatic carbocycles. The van der Waals surface area contributed by atoms with Crippen molar-refractivity contribution in [2.24, 2.45) is 5.92 Å². The van der Waals surface area contributed by atoms with Gasteiger partial charge in [0.2, 0.25) is 0 Å². The molecule has 1 fully saturated rings. The molecule has 0 amide bonds. The van der Waals surface area contributed by atoms with Crippen molar-refractivity contribution in [3.63, 3.8) is 0 Å². The number of likely N-dealkylation sites (tertiary alicyclic amines) is 1. The van der Waals surface area contributed by atoms with Gasteiger partial charge < -0.3 is 10.0 Å². The number of benzene rings is 1. The van der Waals surface area contributed by atoms with Crippen molar-refractivity contribution in [1.29, 1.82) is 0 Å². The molecule has 1 aliphatic rings. The van der Waals surface area contributed by atoms with Crippen molar-refractivity contribution in [3.8, 4) is 0 Å². The van der Waals surface area contributed by atoms with Gasteiger partial charge in [0.1, 0.15) is 0 Å². The Morgan fingerprint density at radius 1 is 1.19 bits per heavy atom. The minimum absolute atomic E-state index is 0.0917. The molecule has 5 nitrogen and oxygen atoms in total. The Morgan fingerprint density at radius 3 is 2.24 bits per heavy atom. The summed E-state index contributed by atoms with van der Waals surface area (Å²) in [7, 11) is 3.92. The summed E-state index contributed by atoms with van der Waals surface area (Å²) in [5.41, 5.74) is 1.77. The monoisotopic (exact) mass is 290 g/mol. The number of rotatable bonds is 5. The van der Waals surface area contributed by atoms with Gasteiger partial charge in [-0.3, -0.25) is 14.5 Å². The van der Waals surface area contributed by atoms with Gasteiger partial charge in [-0.1, -0.05) is 0 Å². The zero-order chi connectivity index (χ0) is 15.4. The number of carboxylic acid groups (broad SMARTS) is 1. The summed E-state index contributed by atoms with van der Waals surface area (Å²) < 4.78 is 0. The molecule has 21 heavy (non-hydrogen) atoms. The van der Waals surface area contributed by atoms with Crippen molar-refractivity contribution in [3.05, 3.63) is 29.8 Å². The lowest BCUT2D eigenvalue weighted by molar-refractivity contribution is -0.143. The molecule has 1 aliphatic heterocycles. The Labute approximate surface area is 125 Å². The number of carbonyl (C=O) groups is 2. The Bertz CT molecular complexity index is 503. The van der Waals surface area contributed by atoms with Crippen molar-refractivity contribution >= 4 is 17.4 Å². The molecule has 0 saturated carbocycles. The third kappa shape index (κ3) is 4.04. The normalized spacial score (nSPS) is 16.7. The fourth-order valence-electron chi connectivity index (χ4n) is 2.58. The number of hydrogen-bond acceptors (Lipinski definition) is 4. The number of carbonyl (C=O) groups excluding carboxylic acids is 1. The quantitative estimate of drug-likeness (QED) is 0.837. The lowest BCUT2D eigenvalue weighted by Crippen LogP contribution is -2.39. The summed E-state index contributed by atoms with van der Waals surface area (Å²) in [6.07, 6.45) is 1.25. The standard InChI is InChI=1S/C16H22N2O3/c1-17(2)14-5-3-12(4-6-14)15(19)11-18-9-7-13(8-10-18)16(20)21/h3-6,13H,7-11H2,1-2H3,(H,20,21). The Kier molecular flexibility index (Phi) is 4.96. The number of aliphatic carboxylic acids is 1. The van der Waals surface area contributed by atoms with Crippen molar-refractivity contribution in [2.45, 2.75) is 12.8 Å². The molecule has 114 valence electrons. The van der Waals surface area contributed by atoms with Gasteiger partial charge in [0.15, 0.2) is 5.78 Å². The van der Waals surface area contributed by atoms with Crippen molar-refractivity contribution in [1.82, 2.24) is 4.90 Å². The summed E-state index contributed by atoms with van der Waals surface area (Å²) in [5.74, 6) is -0.884. The van der Waals surface area contributed by atoms with Crippen molar-refractivity contribution in [2.75, 3.05) is 38.6 Å². The summed E-state index contributed by atoms with van der Waals surface area (Å²) in [6, 6.07) is 7.57. The molecule has 0 spiro atoms. The number of ketones is 1. The lowest BCUT2D eigenvalue weighted by atomic mass is 9.96. The van der Waals surface area contributed by atoms with Gasteiger partial charge in [0.05, 0.1) is 12.5 Å². The first-order valence-electron chi connectivity index (χ1n) is 7.23. The molecule has 0 unspecified atom stereocenters. The van der Waals surface area contributed by atoms with Crippen molar-refractivity contribution < 1.29 is 14.7 Å². The molecule has 1 N–H and O–H groups in total. The summed E-state index contributed by atoms with van der Waals surface area (Å²) in [4.78, 5) is 27.2. The molecule has 0 atom stereocenters. The lowest BCUT2D eigenvalue weighted by Gasteiger charge is -2.29. The van der Waals surface area contributed by atoms with E-state index in [-0.39, 0.29) is 11.7 Å². The first-order valence-corrected chi connectivity index (χ1v) is 7.23. The van der Waals surface area contributed by atoms with E-state index in [1.807, 2.05) is 48.2 Å². The zero-order valence-corrected chi connectivity index (χ0v) is 12.6. The van der Waals surface area contributed by atoms with Gasteiger partial charge in [-0.25, -0.2) is 0 Å². The maximum Gasteiger partial charge on any atom is 0.306 e. The second-order valence-electron chi connectivity index (χ2n) is 5.75. The predicted molar refractivity (Wildman–Crippen MR) is 81.9 cm³/mol. The van der Waals surface area contributed by atoms with Crippen LogP contribution < -0.4 is 4.90 Å². The van der Waals surface area contributed by atoms with Crippen LogP contribution in [-0.4, -0.2) is 55.5 Å². The van der Waals surface area contributed by atoms with E-state index in [2.05, 4.69) is 0 Å². The first-order chi connectivity index (χ1) is 9.97. The van der Waals surface area contributed by atoms with E-state index in [1.54, 1.807) is 0 Å². The fourth-order valence-corrected chi connectivity index (χ4v) is 2.58. The number of hydrogen-bond donors (Lipinski definition) is 1. The Hall–Kier alpha value is -1.88. The number of anilines is 1. The van der Waals surface area contributed by atoms with Crippen LogP contribution in [-0.2, 0) is 4.79 Å². The Balaban J connectivity index is 1.89. The van der Waals surface area contributed by atoms with Gasteiger partial charge in [0.25, 0.3) is 0 Å². The predicted octanol–water partition coefficient (Wildman–Crippen LogP) is 1.73. The van der Waals surface area contributed by atoms with Gasteiger partial charge >= 0.3 is 5.97 Å². The fraction of sp³-hybridized carbons (Fsp3) is 0.500. The molecule has 1 heterocycles. The highest BCUT2D eigenvalue weighted by Crippen LogP contribution is 2.18. The number of Topliss-reactive ketones (excluding diaryl/α,β-unsaturated/α-hetero) is 1. The van der Waals surface area contributed by atoms with Crippen LogP contribution in [0.1, 0.15) is 23.2 Å². The second kappa shape index (κ2) is 6.72. The molecule has 5 heteroatoms. The molecule has 2 rings (SSSR count). The average molecular weight is 290 g/mol. The highest BCUT2D eigenvalue weighted by Gasteiger charge is 2.25. The van der Waals surface area contributed by atoms with Crippen LogP contribution in [0.15, 0.2) is 24.3 Å². The van der Waals surface area contributed by atoms with Crippen LogP contribution in [0, 0.1) is 5.92 Å².